The van der Waals surface area contributed by atoms with Gasteiger partial charge in [-0.25, -0.2) is 0 Å². The van der Waals surface area contributed by atoms with Crippen LogP contribution in [0.5, 0.6) is 0 Å². The van der Waals surface area contributed by atoms with Crippen LogP contribution in [0.4, 0.5) is 0 Å². The Kier molecular flexibility index (Phi) is 6.54. The van der Waals surface area contributed by atoms with Crippen LogP contribution < -0.4 is 0 Å². The van der Waals surface area contributed by atoms with Crippen molar-refractivity contribution in [3.05, 3.63) is 206 Å². The third kappa shape index (κ3) is 4.29. The molecule has 0 aromatic heterocycles. The van der Waals surface area contributed by atoms with Crippen molar-refractivity contribution in [3.63, 3.8) is 0 Å². The maximum absolute atomic E-state index is 2.52. The molecule has 0 radical (unpaired) electrons. The minimum absolute atomic E-state index is 1.23. The molecular formula is C58H34. The molecule has 0 heterocycles. The van der Waals surface area contributed by atoms with E-state index >= 15 is 0 Å². The smallest absolute Gasteiger partial charge is 0.000719 e. The maximum Gasteiger partial charge on any atom is -0.000719 e. The van der Waals surface area contributed by atoms with Gasteiger partial charge in [0.15, 0.2) is 0 Å². The first-order valence-corrected chi connectivity index (χ1v) is 20.3. The zero-order valence-electron chi connectivity index (χ0n) is 31.6. The molecule has 0 aliphatic carbocycles. The summed E-state index contributed by atoms with van der Waals surface area (Å²) in [5, 5.41) is 21.0. The highest BCUT2D eigenvalue weighted by Gasteiger charge is 2.27. The van der Waals surface area contributed by atoms with Crippen LogP contribution in [0.15, 0.2) is 206 Å². The molecule has 0 aliphatic heterocycles. The van der Waals surface area contributed by atoms with Crippen LogP contribution in [0.2, 0.25) is 0 Å². The van der Waals surface area contributed by atoms with Gasteiger partial charge in [0.1, 0.15) is 0 Å². The molecule has 0 spiro atoms. The van der Waals surface area contributed by atoms with Crippen LogP contribution in [-0.2, 0) is 0 Å². The molecule has 13 rings (SSSR count). The van der Waals surface area contributed by atoms with Gasteiger partial charge in [0.25, 0.3) is 0 Å². The van der Waals surface area contributed by atoms with Gasteiger partial charge in [-0.2, -0.15) is 0 Å². The quantitative estimate of drug-likeness (QED) is 0.158. The summed E-state index contributed by atoms with van der Waals surface area (Å²) < 4.78 is 0. The van der Waals surface area contributed by atoms with Crippen LogP contribution in [0, 0.1) is 0 Å². The summed E-state index contributed by atoms with van der Waals surface area (Å²) in [7, 11) is 0. The van der Waals surface area contributed by atoms with Crippen LogP contribution in [0.3, 0.4) is 0 Å². The van der Waals surface area contributed by atoms with Crippen molar-refractivity contribution in [1.29, 1.82) is 0 Å². The van der Waals surface area contributed by atoms with Gasteiger partial charge in [0.2, 0.25) is 0 Å². The Hall–Kier alpha value is -7.54. The van der Waals surface area contributed by atoms with Crippen molar-refractivity contribution < 1.29 is 0 Å². The summed E-state index contributed by atoms with van der Waals surface area (Å²) in [5.41, 5.74) is 10.1. The predicted octanol–water partition coefficient (Wildman–Crippen LogP) is 16.5. The Bertz CT molecular complexity index is 3750. The van der Waals surface area contributed by atoms with Crippen molar-refractivity contribution >= 4 is 86.2 Å². The molecule has 58 heavy (non-hydrogen) atoms. The molecule has 0 saturated heterocycles. The highest BCUT2D eigenvalue weighted by atomic mass is 14.3. The van der Waals surface area contributed by atoms with Crippen LogP contribution in [0.25, 0.3) is 131 Å². The lowest BCUT2D eigenvalue weighted by molar-refractivity contribution is 1.64. The lowest BCUT2D eigenvalue weighted by atomic mass is 9.84. The molecular weight excluding hydrogens is 697 g/mol. The summed E-state index contributed by atoms with van der Waals surface area (Å²) in [6.45, 7) is 0. The van der Waals surface area contributed by atoms with E-state index in [-0.39, 0.29) is 0 Å². The van der Waals surface area contributed by atoms with Crippen molar-refractivity contribution in [3.8, 4) is 44.5 Å². The van der Waals surface area contributed by atoms with Gasteiger partial charge in [0, 0.05) is 0 Å². The van der Waals surface area contributed by atoms with E-state index in [1.165, 1.54) is 131 Å². The number of hydrogen-bond donors (Lipinski definition) is 0. The third-order valence-corrected chi connectivity index (χ3v) is 12.9. The van der Waals surface area contributed by atoms with Crippen molar-refractivity contribution in [2.24, 2.45) is 0 Å². The van der Waals surface area contributed by atoms with E-state index in [1.54, 1.807) is 0 Å². The fraction of sp³-hybridized carbons (Fsp3) is 0. The zero-order chi connectivity index (χ0) is 37.9. The Morgan fingerprint density at radius 1 is 0.190 bits per heavy atom. The van der Waals surface area contributed by atoms with Crippen molar-refractivity contribution in [2.75, 3.05) is 0 Å². The Morgan fingerprint density at radius 3 is 1.45 bits per heavy atom. The predicted molar refractivity (Wildman–Crippen MR) is 251 cm³/mol. The first kappa shape index (κ1) is 31.6. The Morgan fingerprint density at radius 2 is 0.707 bits per heavy atom. The first-order chi connectivity index (χ1) is 28.8. The second kappa shape index (κ2) is 12.0. The average Bonchev–Trinajstić information content (AvgIpc) is 3.80. The van der Waals surface area contributed by atoms with E-state index in [9.17, 15) is 0 Å². The average molecular weight is 731 g/mol. The normalized spacial score (nSPS) is 12.1. The van der Waals surface area contributed by atoms with Crippen LogP contribution in [0.1, 0.15) is 0 Å². The van der Waals surface area contributed by atoms with E-state index in [0.717, 1.165) is 0 Å². The van der Waals surface area contributed by atoms with E-state index in [2.05, 4.69) is 206 Å². The molecule has 0 nitrogen and oxygen atoms in total. The number of rotatable bonds is 4. The summed E-state index contributed by atoms with van der Waals surface area (Å²) in [4.78, 5) is 0. The molecule has 0 atom stereocenters. The molecule has 0 fully saturated rings. The largest absolute Gasteiger partial charge is 0.0622 e. The molecule has 0 unspecified atom stereocenters. The van der Waals surface area contributed by atoms with E-state index in [0.29, 0.717) is 0 Å². The number of hydrogen-bond acceptors (Lipinski definition) is 0. The Labute approximate surface area is 335 Å². The van der Waals surface area contributed by atoms with Gasteiger partial charge >= 0.3 is 0 Å². The van der Waals surface area contributed by atoms with Gasteiger partial charge in [-0.3, -0.25) is 0 Å². The lowest BCUT2D eigenvalue weighted by Gasteiger charge is -2.19. The molecule has 13 aromatic carbocycles. The summed E-state index contributed by atoms with van der Waals surface area (Å²) in [6, 6.07) is 76.9. The maximum atomic E-state index is 2.52. The summed E-state index contributed by atoms with van der Waals surface area (Å²) in [6.07, 6.45) is 0. The fourth-order valence-corrected chi connectivity index (χ4v) is 10.6. The van der Waals surface area contributed by atoms with E-state index in [4.69, 9.17) is 0 Å². The number of fused-ring (bicyclic) bond motifs is 9. The highest BCUT2D eigenvalue weighted by molar-refractivity contribution is 6.45. The van der Waals surface area contributed by atoms with Crippen molar-refractivity contribution in [2.45, 2.75) is 0 Å². The van der Waals surface area contributed by atoms with Crippen molar-refractivity contribution in [1.82, 2.24) is 0 Å². The zero-order valence-corrected chi connectivity index (χ0v) is 31.6. The second-order valence-corrected chi connectivity index (χ2v) is 15.8. The van der Waals surface area contributed by atoms with Gasteiger partial charge in [-0.15, -0.1) is 0 Å². The fourth-order valence-electron chi connectivity index (χ4n) is 10.6. The number of benzene rings is 11. The standard InChI is InChI=1S/C58H34/c1-4-15-35(16-5-1)40-24-12-21-36-29-30-39(33-49(36)40)41-31-32-48-54-44(41)25-13-28-47(54)57-52(37-17-6-2-7-18-37)51-34-50-43-23-11-10-22-42(43)45-26-14-27-46(55(45)50)56(51)53(58(48)57)38-19-8-3-9-20-38/h1-34H. The monoisotopic (exact) mass is 730 g/mol. The van der Waals surface area contributed by atoms with E-state index < -0.39 is 0 Å². The van der Waals surface area contributed by atoms with Crippen LogP contribution >= 0.6 is 0 Å². The van der Waals surface area contributed by atoms with Gasteiger partial charge < -0.3 is 0 Å². The summed E-state index contributed by atoms with van der Waals surface area (Å²) >= 11 is 0. The first-order valence-electron chi connectivity index (χ1n) is 20.3. The third-order valence-electron chi connectivity index (χ3n) is 12.9. The second-order valence-electron chi connectivity index (χ2n) is 15.8. The molecule has 0 amide bonds. The Balaban J connectivity index is 1.22. The minimum atomic E-state index is 1.23. The SMILES string of the molecule is c1ccc(-c2cccc3ccc(-c4ccc5c6c(-c7ccccc7)c7c(cc8c9ccccc9c9cccc7c98)c(-c7ccccc7)c6c6cccc4c65)cc23)cc1. The topological polar surface area (TPSA) is 0 Å². The lowest BCUT2D eigenvalue weighted by Crippen LogP contribution is -1.91. The van der Waals surface area contributed by atoms with Gasteiger partial charge in [-0.1, -0.05) is 194 Å². The molecule has 0 saturated carbocycles. The van der Waals surface area contributed by atoms with Gasteiger partial charge in [-0.05, 0) is 143 Å². The minimum Gasteiger partial charge on any atom is -0.0622 e. The molecule has 266 valence electrons. The van der Waals surface area contributed by atoms with Crippen LogP contribution in [-0.4, -0.2) is 0 Å². The molecule has 0 aliphatic rings. The summed E-state index contributed by atoms with van der Waals surface area (Å²) in [5.74, 6) is 0. The molecule has 0 heteroatoms. The van der Waals surface area contributed by atoms with Gasteiger partial charge in [0.05, 0.1) is 0 Å². The highest BCUT2D eigenvalue weighted by Crippen LogP contribution is 2.55. The molecule has 0 bridgehead atoms. The van der Waals surface area contributed by atoms with E-state index in [1.807, 2.05) is 0 Å². The molecule has 13 aromatic rings. The molecule has 0 N–H and O–H groups in total.